The summed E-state index contributed by atoms with van der Waals surface area (Å²) in [4.78, 5) is 4.34. The smallest absolute Gasteiger partial charge is 0.259 e. The van der Waals surface area contributed by atoms with E-state index in [-0.39, 0.29) is 12.0 Å². The summed E-state index contributed by atoms with van der Waals surface area (Å²) < 4.78 is 66.9. The summed E-state index contributed by atoms with van der Waals surface area (Å²) in [6, 6.07) is 6.63. The molecule has 2 aromatic rings. The molecule has 2 rings (SSSR count). The average Bonchev–Trinajstić information content (AvgIpc) is 2.67. The predicted octanol–water partition coefficient (Wildman–Crippen LogP) is 7.70. The van der Waals surface area contributed by atoms with Crippen molar-refractivity contribution in [2.45, 2.75) is 44.5 Å². The molecule has 1 atom stereocenters. The summed E-state index contributed by atoms with van der Waals surface area (Å²) in [6.07, 6.45) is 3.81. The molecule has 166 valence electrons. The number of halogens is 6. The minimum absolute atomic E-state index is 0.226. The van der Waals surface area contributed by atoms with Crippen molar-refractivity contribution in [2.24, 2.45) is 0 Å². The van der Waals surface area contributed by atoms with Gasteiger partial charge in [-0.2, -0.15) is 8.78 Å². The van der Waals surface area contributed by atoms with Crippen molar-refractivity contribution in [3.63, 3.8) is 0 Å². The molecular formula is C24H23ClF5N. The third-order valence-corrected chi connectivity index (χ3v) is 5.09. The molecule has 7 heteroatoms. The van der Waals surface area contributed by atoms with E-state index in [1.807, 2.05) is 19.1 Å². The van der Waals surface area contributed by atoms with Crippen LogP contribution in [0.2, 0.25) is 5.02 Å². The molecule has 0 aliphatic rings. The van der Waals surface area contributed by atoms with Crippen LogP contribution in [-0.4, -0.2) is 17.3 Å². The minimum Gasteiger partial charge on any atom is -0.259 e. The van der Waals surface area contributed by atoms with E-state index in [2.05, 4.69) is 11.6 Å². The summed E-state index contributed by atoms with van der Waals surface area (Å²) in [7, 11) is 0. The number of hydrogen-bond acceptors (Lipinski definition) is 1. The molecule has 0 aliphatic carbocycles. The van der Waals surface area contributed by atoms with Crippen molar-refractivity contribution < 1.29 is 22.0 Å². The minimum atomic E-state index is -4.27. The predicted molar refractivity (Wildman–Crippen MR) is 114 cm³/mol. The number of pyridine rings is 1. The molecule has 31 heavy (non-hydrogen) atoms. The van der Waals surface area contributed by atoms with Gasteiger partial charge in [-0.15, -0.1) is 0 Å². The lowest BCUT2D eigenvalue weighted by Crippen LogP contribution is -2.30. The molecule has 1 aromatic heterocycles. The summed E-state index contributed by atoms with van der Waals surface area (Å²) in [6.45, 7) is 7.65. The van der Waals surface area contributed by atoms with Crippen LogP contribution in [0.15, 0.2) is 73.0 Å². The molecule has 0 bridgehead atoms. The lowest BCUT2D eigenvalue weighted by atomic mass is 9.73. The van der Waals surface area contributed by atoms with Crippen molar-refractivity contribution in [1.29, 1.82) is 0 Å². The van der Waals surface area contributed by atoms with Crippen LogP contribution in [0.25, 0.3) is 0 Å². The Morgan fingerprint density at radius 2 is 1.90 bits per heavy atom. The van der Waals surface area contributed by atoms with E-state index in [1.54, 1.807) is 31.2 Å². The van der Waals surface area contributed by atoms with E-state index in [0.717, 1.165) is 6.07 Å². The monoisotopic (exact) mass is 455 g/mol. The molecule has 1 aromatic carbocycles. The summed E-state index contributed by atoms with van der Waals surface area (Å²) in [5, 5.41) is 0.398. The molecule has 0 amide bonds. The van der Waals surface area contributed by atoms with Crippen LogP contribution in [-0.2, 0) is 11.8 Å². The standard InChI is InChI=1S/C24H23ClF5N/c1-4-5-6-7-16(2)13-23(3,21-9-8-19(25)15-31-21)18-10-17(11-20(26)12-18)14-24(29,30)22(27)28/h4-12,15,22H,2,13-14H2,1,3H3/b5-4-,7-6-/t23-/m1/s1. The Bertz CT molecular complexity index is 966. The molecule has 1 heterocycles. The first kappa shape index (κ1) is 24.8. The number of hydrogen-bond donors (Lipinski definition) is 0. The first-order chi connectivity index (χ1) is 14.5. The molecule has 0 aliphatic heterocycles. The fourth-order valence-electron chi connectivity index (χ4n) is 3.28. The number of allylic oxidation sites excluding steroid dienone is 5. The van der Waals surface area contributed by atoms with Crippen molar-refractivity contribution in [3.8, 4) is 0 Å². The third-order valence-electron chi connectivity index (χ3n) is 4.86. The zero-order chi connectivity index (χ0) is 23.2. The van der Waals surface area contributed by atoms with Crippen LogP contribution >= 0.6 is 11.6 Å². The highest BCUT2D eigenvalue weighted by Gasteiger charge is 2.41. The van der Waals surface area contributed by atoms with E-state index in [0.29, 0.717) is 21.9 Å². The average molecular weight is 456 g/mol. The van der Waals surface area contributed by atoms with Gasteiger partial charge in [0.15, 0.2) is 0 Å². The Kier molecular flexibility index (Phi) is 8.18. The second-order valence-electron chi connectivity index (χ2n) is 7.50. The molecule has 0 spiro atoms. The Balaban J connectivity index is 2.55. The van der Waals surface area contributed by atoms with E-state index in [9.17, 15) is 22.0 Å². The normalized spacial score (nSPS) is 14.5. The Morgan fingerprint density at radius 1 is 1.19 bits per heavy atom. The van der Waals surface area contributed by atoms with E-state index in [1.165, 1.54) is 18.3 Å². The fraction of sp³-hybridized carbons (Fsp3) is 0.292. The second-order valence-corrected chi connectivity index (χ2v) is 7.94. The molecule has 0 saturated carbocycles. The molecule has 1 nitrogen and oxygen atoms in total. The van der Waals surface area contributed by atoms with Gasteiger partial charge < -0.3 is 0 Å². The van der Waals surface area contributed by atoms with Gasteiger partial charge in [0.2, 0.25) is 0 Å². The maximum absolute atomic E-state index is 14.4. The second kappa shape index (κ2) is 10.2. The number of rotatable bonds is 9. The topological polar surface area (TPSA) is 12.9 Å². The van der Waals surface area contributed by atoms with Crippen LogP contribution in [0.3, 0.4) is 0 Å². The van der Waals surface area contributed by atoms with Gasteiger partial charge >= 0.3 is 12.3 Å². The van der Waals surface area contributed by atoms with Crippen LogP contribution in [0, 0.1) is 5.82 Å². The van der Waals surface area contributed by atoms with Crippen LogP contribution < -0.4 is 0 Å². The molecule has 0 fully saturated rings. The SMILES string of the molecule is C=C(/C=C\C=C/C)C[C@](C)(c1cc(F)cc(CC(F)(F)C(F)F)c1)c1ccc(Cl)cn1. The summed E-state index contributed by atoms with van der Waals surface area (Å²) in [5.41, 5.74) is 0.313. The van der Waals surface area contributed by atoms with Crippen molar-refractivity contribution in [1.82, 2.24) is 4.98 Å². The van der Waals surface area contributed by atoms with Gasteiger partial charge in [-0.25, -0.2) is 13.2 Å². The maximum atomic E-state index is 14.4. The number of aromatic nitrogens is 1. The van der Waals surface area contributed by atoms with Gasteiger partial charge in [-0.1, -0.05) is 54.1 Å². The number of benzene rings is 1. The molecule has 0 radical (unpaired) electrons. The highest BCUT2D eigenvalue weighted by atomic mass is 35.5. The van der Waals surface area contributed by atoms with E-state index in [4.69, 9.17) is 11.6 Å². The first-order valence-corrected chi connectivity index (χ1v) is 9.91. The maximum Gasteiger partial charge on any atom is 0.311 e. The van der Waals surface area contributed by atoms with Gasteiger partial charge in [-0.3, -0.25) is 4.98 Å². The third kappa shape index (κ3) is 6.50. The van der Waals surface area contributed by atoms with Crippen LogP contribution in [0.5, 0.6) is 0 Å². The molecule has 0 saturated heterocycles. The zero-order valence-electron chi connectivity index (χ0n) is 17.2. The van der Waals surface area contributed by atoms with Crippen molar-refractivity contribution >= 4 is 11.6 Å². The van der Waals surface area contributed by atoms with Crippen LogP contribution in [0.4, 0.5) is 22.0 Å². The molecule has 0 N–H and O–H groups in total. The van der Waals surface area contributed by atoms with E-state index < -0.39 is 30.0 Å². The highest BCUT2D eigenvalue weighted by Crippen LogP contribution is 2.39. The largest absolute Gasteiger partial charge is 0.311 e. The Morgan fingerprint density at radius 3 is 2.48 bits per heavy atom. The number of nitrogens with zero attached hydrogens (tertiary/aromatic N) is 1. The fourth-order valence-corrected chi connectivity index (χ4v) is 3.39. The van der Waals surface area contributed by atoms with Gasteiger partial charge in [0, 0.05) is 18.0 Å². The molecular weight excluding hydrogens is 433 g/mol. The van der Waals surface area contributed by atoms with Gasteiger partial charge in [0.05, 0.1) is 10.7 Å². The van der Waals surface area contributed by atoms with Crippen LogP contribution in [0.1, 0.15) is 37.1 Å². The molecule has 0 unspecified atom stereocenters. The van der Waals surface area contributed by atoms with Gasteiger partial charge in [-0.05, 0) is 55.7 Å². The van der Waals surface area contributed by atoms with Gasteiger partial charge in [0.1, 0.15) is 5.82 Å². The van der Waals surface area contributed by atoms with Crippen molar-refractivity contribution in [3.05, 3.63) is 101 Å². The number of alkyl halides is 4. The van der Waals surface area contributed by atoms with Gasteiger partial charge in [0.25, 0.3) is 0 Å². The highest BCUT2D eigenvalue weighted by molar-refractivity contribution is 6.30. The summed E-state index contributed by atoms with van der Waals surface area (Å²) in [5.74, 6) is -5.06. The lowest BCUT2D eigenvalue weighted by Gasteiger charge is -2.31. The van der Waals surface area contributed by atoms with E-state index >= 15 is 0 Å². The lowest BCUT2D eigenvalue weighted by molar-refractivity contribution is -0.127. The first-order valence-electron chi connectivity index (χ1n) is 9.53. The zero-order valence-corrected chi connectivity index (χ0v) is 17.9. The van der Waals surface area contributed by atoms with Crippen molar-refractivity contribution in [2.75, 3.05) is 0 Å². The Labute approximate surface area is 184 Å². The Hall–Kier alpha value is -2.47. The summed E-state index contributed by atoms with van der Waals surface area (Å²) >= 11 is 5.94. The quantitative estimate of drug-likeness (QED) is 0.279.